The molecule has 0 saturated carbocycles. The van der Waals surface area contributed by atoms with Gasteiger partial charge in [0.2, 0.25) is 0 Å². The first-order valence-corrected chi connectivity index (χ1v) is 6.92. The third-order valence-corrected chi connectivity index (χ3v) is 2.96. The lowest BCUT2D eigenvalue weighted by molar-refractivity contribution is -0.133. The van der Waals surface area contributed by atoms with Crippen LogP contribution in [-0.4, -0.2) is 53.3 Å². The summed E-state index contributed by atoms with van der Waals surface area (Å²) in [5.74, 6) is -0.649. The molecule has 0 bridgehead atoms. The van der Waals surface area contributed by atoms with Crippen LogP contribution < -0.4 is 5.32 Å². The van der Waals surface area contributed by atoms with Gasteiger partial charge in [-0.1, -0.05) is 17.7 Å². The summed E-state index contributed by atoms with van der Waals surface area (Å²) in [6.45, 7) is 3.42. The average Bonchev–Trinajstić information content (AvgIpc) is 2.39. The zero-order chi connectivity index (χ0) is 14.5. The van der Waals surface area contributed by atoms with Crippen LogP contribution in [0, 0.1) is 6.92 Å². The lowest BCUT2D eigenvalue weighted by Gasteiger charge is -1.97. The molecule has 5 nitrogen and oxygen atoms in total. The van der Waals surface area contributed by atoms with Crippen molar-refractivity contribution in [2.24, 2.45) is 0 Å². The second-order valence-electron chi connectivity index (χ2n) is 3.69. The van der Waals surface area contributed by atoms with Gasteiger partial charge in [-0.2, -0.15) is 0 Å². The van der Waals surface area contributed by atoms with E-state index in [1.165, 1.54) is 17.3 Å². The molecule has 0 amide bonds. The fourth-order valence-corrected chi connectivity index (χ4v) is 1.68. The molecule has 108 valence electrons. The molecule has 0 saturated heterocycles. The maximum atomic E-state index is 10.2. The third-order valence-electron chi connectivity index (χ3n) is 1.96. The van der Waals surface area contributed by atoms with Crippen LogP contribution in [0.15, 0.2) is 29.2 Å². The first kappa shape index (κ1) is 17.9. The summed E-state index contributed by atoms with van der Waals surface area (Å²) in [5.41, 5.74) is 1.19. The van der Waals surface area contributed by atoms with Gasteiger partial charge in [0.25, 0.3) is 0 Å². The molecule has 1 aromatic rings. The largest absolute Gasteiger partial charge is 0.481 e. The number of hydrogen-bond acceptors (Lipinski definition) is 5. The van der Waals surface area contributed by atoms with Crippen molar-refractivity contribution in [3.63, 3.8) is 0 Å². The Morgan fingerprint density at radius 1 is 1.16 bits per heavy atom. The number of aliphatic carboxylic acids is 1. The molecule has 0 atom stereocenters. The molecule has 0 heterocycles. The Morgan fingerprint density at radius 2 is 1.68 bits per heavy atom. The summed E-state index contributed by atoms with van der Waals surface area (Å²) < 4.78 is 0. The molecule has 4 N–H and O–H groups in total. The Labute approximate surface area is 117 Å². The summed E-state index contributed by atoms with van der Waals surface area (Å²) in [5, 5.41) is 27.5. The minimum Gasteiger partial charge on any atom is -0.481 e. The van der Waals surface area contributed by atoms with Crippen molar-refractivity contribution >= 4 is 17.7 Å². The van der Waals surface area contributed by atoms with E-state index in [4.69, 9.17) is 15.3 Å². The molecule has 0 spiro atoms. The molecule has 0 aliphatic heterocycles. The van der Waals surface area contributed by atoms with Crippen molar-refractivity contribution in [2.45, 2.75) is 11.8 Å². The van der Waals surface area contributed by atoms with E-state index in [2.05, 4.69) is 5.32 Å². The zero-order valence-corrected chi connectivity index (χ0v) is 11.8. The molecule has 1 aromatic carbocycles. The van der Waals surface area contributed by atoms with E-state index in [1.807, 2.05) is 31.2 Å². The Hall–Kier alpha value is -1.08. The van der Waals surface area contributed by atoms with E-state index in [9.17, 15) is 4.79 Å². The van der Waals surface area contributed by atoms with E-state index in [1.54, 1.807) is 0 Å². The van der Waals surface area contributed by atoms with Gasteiger partial charge in [0.05, 0.1) is 19.0 Å². The second-order valence-corrected chi connectivity index (χ2v) is 4.74. The fraction of sp³-hybridized carbons (Fsp3) is 0.462. The molecule has 1 rings (SSSR count). The van der Waals surface area contributed by atoms with Crippen molar-refractivity contribution < 1.29 is 20.1 Å². The standard InChI is InChI=1S/C9H10O2S.C4H11NO2/c1-7-2-4-8(5-3-7)12-6-9(10)11;6-3-1-5-2-4-7/h2-5H,6H2,1H3,(H,10,11);5-7H,1-4H2. The molecular formula is C13H21NO4S. The summed E-state index contributed by atoms with van der Waals surface area (Å²) >= 11 is 1.34. The monoisotopic (exact) mass is 287 g/mol. The lowest BCUT2D eigenvalue weighted by atomic mass is 10.2. The number of aliphatic hydroxyl groups is 2. The van der Waals surface area contributed by atoms with Crippen LogP contribution in [0.4, 0.5) is 0 Å². The van der Waals surface area contributed by atoms with Crippen molar-refractivity contribution in [1.82, 2.24) is 5.32 Å². The Balaban J connectivity index is 0.000000399. The maximum Gasteiger partial charge on any atom is 0.313 e. The number of hydrogen-bond donors (Lipinski definition) is 4. The van der Waals surface area contributed by atoms with Gasteiger partial charge in [-0.15, -0.1) is 11.8 Å². The van der Waals surface area contributed by atoms with E-state index in [-0.39, 0.29) is 19.0 Å². The highest BCUT2D eigenvalue weighted by molar-refractivity contribution is 8.00. The minimum absolute atomic E-state index is 0.128. The van der Waals surface area contributed by atoms with E-state index < -0.39 is 5.97 Å². The molecule has 0 aromatic heterocycles. The van der Waals surface area contributed by atoms with E-state index >= 15 is 0 Å². The number of carboxylic acid groups (broad SMARTS) is 1. The van der Waals surface area contributed by atoms with Crippen LogP contribution in [-0.2, 0) is 4.79 Å². The third kappa shape index (κ3) is 11.7. The zero-order valence-electron chi connectivity index (χ0n) is 11.0. The molecule has 0 aliphatic rings. The van der Waals surface area contributed by atoms with Crippen LogP contribution in [0.2, 0.25) is 0 Å². The Kier molecular flexibility index (Phi) is 11.3. The molecule has 6 heteroatoms. The van der Waals surface area contributed by atoms with Crippen molar-refractivity contribution in [3.05, 3.63) is 29.8 Å². The topological polar surface area (TPSA) is 89.8 Å². The SMILES string of the molecule is Cc1ccc(SCC(=O)O)cc1.OCCNCCO. The van der Waals surface area contributed by atoms with Crippen LogP contribution in [0.5, 0.6) is 0 Å². The lowest BCUT2D eigenvalue weighted by Crippen LogP contribution is -2.21. The van der Waals surface area contributed by atoms with Gasteiger partial charge >= 0.3 is 5.97 Å². The summed E-state index contributed by atoms with van der Waals surface area (Å²) in [4.78, 5) is 11.2. The summed E-state index contributed by atoms with van der Waals surface area (Å²) in [6.07, 6.45) is 0. The number of carboxylic acids is 1. The molecule has 0 fully saturated rings. The van der Waals surface area contributed by atoms with Gasteiger partial charge in [-0.25, -0.2) is 0 Å². The van der Waals surface area contributed by atoms with Crippen molar-refractivity contribution in [3.8, 4) is 0 Å². The second kappa shape index (κ2) is 12.0. The van der Waals surface area contributed by atoms with E-state index in [0.717, 1.165) is 4.90 Å². The predicted octanol–water partition coefficient (Wildman–Crippen LogP) is 0.732. The van der Waals surface area contributed by atoms with Gasteiger partial charge in [0, 0.05) is 18.0 Å². The van der Waals surface area contributed by atoms with E-state index in [0.29, 0.717) is 13.1 Å². The number of rotatable bonds is 7. The quantitative estimate of drug-likeness (QED) is 0.437. The average molecular weight is 287 g/mol. The van der Waals surface area contributed by atoms with Crippen LogP contribution >= 0.6 is 11.8 Å². The minimum atomic E-state index is -0.777. The number of benzene rings is 1. The first-order chi connectivity index (χ1) is 9.10. The van der Waals surface area contributed by atoms with Gasteiger partial charge in [-0.05, 0) is 19.1 Å². The van der Waals surface area contributed by atoms with Gasteiger partial charge < -0.3 is 20.6 Å². The van der Waals surface area contributed by atoms with Crippen LogP contribution in [0.25, 0.3) is 0 Å². The van der Waals surface area contributed by atoms with Gasteiger partial charge in [-0.3, -0.25) is 4.79 Å². The smallest absolute Gasteiger partial charge is 0.313 e. The fourth-order valence-electron chi connectivity index (χ4n) is 1.06. The van der Waals surface area contributed by atoms with Gasteiger partial charge in [0.15, 0.2) is 0 Å². The Morgan fingerprint density at radius 3 is 2.11 bits per heavy atom. The predicted molar refractivity (Wildman–Crippen MR) is 76.6 cm³/mol. The highest BCUT2D eigenvalue weighted by Gasteiger charge is 1.98. The maximum absolute atomic E-state index is 10.2. The number of thioether (sulfide) groups is 1. The van der Waals surface area contributed by atoms with Crippen molar-refractivity contribution in [2.75, 3.05) is 32.1 Å². The summed E-state index contributed by atoms with van der Waals surface area (Å²) in [7, 11) is 0. The highest BCUT2D eigenvalue weighted by atomic mass is 32.2. The number of aliphatic hydroxyl groups excluding tert-OH is 2. The molecule has 19 heavy (non-hydrogen) atoms. The number of carbonyl (C=O) groups is 1. The Bertz CT molecular complexity index is 339. The first-order valence-electron chi connectivity index (χ1n) is 5.94. The van der Waals surface area contributed by atoms with Gasteiger partial charge in [0.1, 0.15) is 0 Å². The molecule has 0 unspecified atom stereocenters. The van der Waals surface area contributed by atoms with Crippen LogP contribution in [0.3, 0.4) is 0 Å². The number of nitrogens with one attached hydrogen (secondary N) is 1. The number of aryl methyl sites for hydroxylation is 1. The normalized spacial score (nSPS) is 9.63. The molecule has 0 aliphatic carbocycles. The van der Waals surface area contributed by atoms with Crippen LogP contribution in [0.1, 0.15) is 5.56 Å². The molecular weight excluding hydrogens is 266 g/mol. The summed E-state index contributed by atoms with van der Waals surface area (Å²) in [6, 6.07) is 7.82. The highest BCUT2D eigenvalue weighted by Crippen LogP contribution is 2.17. The molecule has 0 radical (unpaired) electrons. The van der Waals surface area contributed by atoms with Crippen molar-refractivity contribution in [1.29, 1.82) is 0 Å².